The van der Waals surface area contributed by atoms with Crippen LogP contribution in [-0.4, -0.2) is 31.8 Å². The third kappa shape index (κ3) is 2.34. The van der Waals surface area contributed by atoms with Crippen LogP contribution in [0.3, 0.4) is 0 Å². The van der Waals surface area contributed by atoms with Gasteiger partial charge in [-0.05, 0) is 31.5 Å². The topological polar surface area (TPSA) is 130 Å². The molecule has 3 N–H and O–H groups in total. The average molecular weight is 332 g/mol. The number of nitrogens with one attached hydrogen (secondary N) is 2. The Morgan fingerprint density at radius 3 is 2.42 bits per heavy atom. The van der Waals surface area contributed by atoms with Gasteiger partial charge in [-0.2, -0.15) is 0 Å². The predicted molar refractivity (Wildman–Crippen MR) is 84.8 cm³/mol. The minimum Gasteiger partial charge on any atom is -0.508 e. The van der Waals surface area contributed by atoms with Gasteiger partial charge in [0.25, 0.3) is 5.56 Å². The Labute approximate surface area is 136 Å². The predicted octanol–water partition coefficient (Wildman–Crippen LogP) is 1.19. The second-order valence-corrected chi connectivity index (χ2v) is 5.96. The molecule has 1 aromatic heterocycles. The number of aromatic amines is 1. The van der Waals surface area contributed by atoms with Crippen LogP contribution in [0.25, 0.3) is 0 Å². The molecule has 2 atom stereocenters. The largest absolute Gasteiger partial charge is 0.508 e. The molecular formula is C15H16N4O5. The standard InChI is InChI=1S/C15H16N4O5/c1-7(2)18-13-11(14(21)17-18)10(8-3-5-9(20)6-4-8)12(19(23)24)15(22)16-13/h3-7,10,12,20H,1-2H3,(H,16,22)(H,17,21)/t10-,12+/m1/s1. The van der Waals surface area contributed by atoms with Crippen molar-refractivity contribution in [2.45, 2.75) is 31.8 Å². The fraction of sp³-hybridized carbons (Fsp3) is 0.333. The van der Waals surface area contributed by atoms with Crippen molar-refractivity contribution in [3.05, 3.63) is 55.9 Å². The first-order valence-electron chi connectivity index (χ1n) is 7.39. The molecule has 2 aromatic rings. The molecule has 9 nitrogen and oxygen atoms in total. The molecule has 24 heavy (non-hydrogen) atoms. The molecule has 0 aliphatic carbocycles. The van der Waals surface area contributed by atoms with Crippen LogP contribution in [0.1, 0.15) is 36.9 Å². The van der Waals surface area contributed by atoms with Crippen molar-refractivity contribution in [3.8, 4) is 5.75 Å². The zero-order valence-electron chi connectivity index (χ0n) is 13.0. The van der Waals surface area contributed by atoms with E-state index in [-0.39, 0.29) is 23.2 Å². The lowest BCUT2D eigenvalue weighted by Crippen LogP contribution is -2.45. The Balaban J connectivity index is 2.27. The summed E-state index contributed by atoms with van der Waals surface area (Å²) in [5.74, 6) is -1.58. The number of rotatable bonds is 3. The summed E-state index contributed by atoms with van der Waals surface area (Å²) < 4.78 is 1.49. The second kappa shape index (κ2) is 5.52. The van der Waals surface area contributed by atoms with Gasteiger partial charge in [-0.3, -0.25) is 29.5 Å². The Hall–Kier alpha value is -3.10. The van der Waals surface area contributed by atoms with Crippen LogP contribution in [-0.2, 0) is 4.79 Å². The van der Waals surface area contributed by atoms with E-state index in [9.17, 15) is 24.8 Å². The number of fused-ring (bicyclic) bond motifs is 1. The number of benzene rings is 1. The van der Waals surface area contributed by atoms with Crippen LogP contribution >= 0.6 is 0 Å². The lowest BCUT2D eigenvalue weighted by molar-refractivity contribution is -0.509. The van der Waals surface area contributed by atoms with Crippen molar-refractivity contribution in [3.63, 3.8) is 0 Å². The maximum atomic E-state index is 12.4. The number of H-pyrrole nitrogens is 1. The fourth-order valence-electron chi connectivity index (χ4n) is 3.01. The van der Waals surface area contributed by atoms with Crippen molar-refractivity contribution in [1.82, 2.24) is 9.78 Å². The van der Waals surface area contributed by atoms with E-state index in [1.165, 1.54) is 28.9 Å². The molecule has 0 saturated carbocycles. The summed E-state index contributed by atoms with van der Waals surface area (Å²) in [7, 11) is 0. The normalized spacial score (nSPS) is 19.9. The van der Waals surface area contributed by atoms with Crippen molar-refractivity contribution in [2.24, 2.45) is 0 Å². The SMILES string of the molecule is CC(C)n1[nH]c(=O)c2c1NC(=O)[C@@H]([N+](=O)[O-])[C@@H]2c1ccc(O)cc1. The molecule has 0 fully saturated rings. The molecule has 126 valence electrons. The lowest BCUT2D eigenvalue weighted by atomic mass is 9.83. The highest BCUT2D eigenvalue weighted by Crippen LogP contribution is 2.37. The van der Waals surface area contributed by atoms with Crippen molar-refractivity contribution < 1.29 is 14.8 Å². The molecule has 1 aliphatic heterocycles. The van der Waals surface area contributed by atoms with E-state index in [1.807, 2.05) is 13.8 Å². The smallest absolute Gasteiger partial charge is 0.301 e. The van der Waals surface area contributed by atoms with Crippen molar-refractivity contribution in [2.75, 3.05) is 5.32 Å². The van der Waals surface area contributed by atoms with Gasteiger partial charge in [0.05, 0.1) is 11.5 Å². The van der Waals surface area contributed by atoms with E-state index in [0.717, 1.165) is 0 Å². The highest BCUT2D eigenvalue weighted by Gasteiger charge is 2.48. The third-order valence-corrected chi connectivity index (χ3v) is 4.10. The number of carbonyl (C=O) groups is 1. The number of phenols is 1. The maximum Gasteiger partial charge on any atom is 0.301 e. The number of carbonyl (C=O) groups excluding carboxylic acids is 1. The van der Waals surface area contributed by atoms with E-state index in [4.69, 9.17) is 0 Å². The molecular weight excluding hydrogens is 316 g/mol. The van der Waals surface area contributed by atoms with E-state index in [0.29, 0.717) is 5.56 Å². The first-order chi connectivity index (χ1) is 11.3. The molecule has 0 unspecified atom stereocenters. The van der Waals surface area contributed by atoms with Crippen molar-refractivity contribution >= 4 is 11.7 Å². The summed E-state index contributed by atoms with van der Waals surface area (Å²) in [6.45, 7) is 3.63. The van der Waals surface area contributed by atoms with Crippen LogP contribution in [0.2, 0.25) is 0 Å². The highest BCUT2D eigenvalue weighted by atomic mass is 16.6. The van der Waals surface area contributed by atoms with Gasteiger partial charge in [-0.25, -0.2) is 0 Å². The van der Waals surface area contributed by atoms with Crippen LogP contribution in [0.15, 0.2) is 29.1 Å². The number of aromatic hydroxyl groups is 1. The minimum absolute atomic E-state index is 0.00875. The number of phenolic OH excluding ortho intramolecular Hbond substituents is 1. The Kier molecular flexibility index (Phi) is 3.63. The summed E-state index contributed by atoms with van der Waals surface area (Å²) in [5.41, 5.74) is 0.0805. The van der Waals surface area contributed by atoms with E-state index < -0.39 is 28.3 Å². The molecule has 0 saturated heterocycles. The Morgan fingerprint density at radius 2 is 1.88 bits per heavy atom. The van der Waals surface area contributed by atoms with Crippen LogP contribution in [0.5, 0.6) is 5.75 Å². The molecule has 1 aromatic carbocycles. The van der Waals surface area contributed by atoms with Gasteiger partial charge in [-0.15, -0.1) is 0 Å². The Bertz CT molecular complexity index is 865. The summed E-state index contributed by atoms with van der Waals surface area (Å²) >= 11 is 0. The zero-order chi connectivity index (χ0) is 17.6. The summed E-state index contributed by atoms with van der Waals surface area (Å²) in [5, 5.41) is 26.0. The van der Waals surface area contributed by atoms with Gasteiger partial charge in [0.1, 0.15) is 11.6 Å². The van der Waals surface area contributed by atoms with Gasteiger partial charge in [0, 0.05) is 11.0 Å². The number of nitrogens with zero attached hydrogens (tertiary/aromatic N) is 2. The zero-order valence-corrected chi connectivity index (χ0v) is 13.0. The average Bonchev–Trinajstić information content (AvgIpc) is 2.83. The maximum absolute atomic E-state index is 12.4. The number of aromatic nitrogens is 2. The molecule has 0 radical (unpaired) electrons. The number of hydrogen-bond donors (Lipinski definition) is 3. The summed E-state index contributed by atoms with van der Waals surface area (Å²) in [6.07, 6.45) is 0. The van der Waals surface area contributed by atoms with E-state index >= 15 is 0 Å². The van der Waals surface area contributed by atoms with Gasteiger partial charge in [0.15, 0.2) is 0 Å². The van der Waals surface area contributed by atoms with Crippen LogP contribution in [0, 0.1) is 10.1 Å². The third-order valence-electron chi connectivity index (χ3n) is 4.10. The Morgan fingerprint density at radius 1 is 1.25 bits per heavy atom. The first kappa shape index (κ1) is 15.8. The van der Waals surface area contributed by atoms with Gasteiger partial charge in [0.2, 0.25) is 0 Å². The fourth-order valence-corrected chi connectivity index (χ4v) is 3.01. The first-order valence-corrected chi connectivity index (χ1v) is 7.39. The molecule has 1 aliphatic rings. The van der Waals surface area contributed by atoms with E-state index in [1.54, 1.807) is 0 Å². The monoisotopic (exact) mass is 332 g/mol. The summed E-state index contributed by atoms with van der Waals surface area (Å²) in [4.78, 5) is 35.5. The molecule has 0 spiro atoms. The number of hydrogen-bond acceptors (Lipinski definition) is 5. The molecule has 1 amide bonds. The molecule has 9 heteroatoms. The number of nitro groups is 1. The summed E-state index contributed by atoms with van der Waals surface area (Å²) in [6, 6.07) is 3.93. The van der Waals surface area contributed by atoms with Gasteiger partial charge in [-0.1, -0.05) is 12.1 Å². The molecule has 3 rings (SSSR count). The second-order valence-electron chi connectivity index (χ2n) is 5.96. The highest BCUT2D eigenvalue weighted by molar-refractivity contribution is 5.97. The molecule has 0 bridgehead atoms. The number of amides is 1. The van der Waals surface area contributed by atoms with Gasteiger partial charge >= 0.3 is 11.9 Å². The minimum atomic E-state index is -1.62. The van der Waals surface area contributed by atoms with Crippen LogP contribution < -0.4 is 10.9 Å². The lowest BCUT2D eigenvalue weighted by Gasteiger charge is -2.26. The van der Waals surface area contributed by atoms with Crippen LogP contribution in [0.4, 0.5) is 5.82 Å². The quantitative estimate of drug-likeness (QED) is 0.574. The molecule has 2 heterocycles. The van der Waals surface area contributed by atoms with E-state index in [2.05, 4.69) is 10.4 Å². The van der Waals surface area contributed by atoms with Crippen molar-refractivity contribution in [1.29, 1.82) is 0 Å². The van der Waals surface area contributed by atoms with Gasteiger partial charge < -0.3 is 10.4 Å². The number of anilines is 1.